The summed E-state index contributed by atoms with van der Waals surface area (Å²) >= 11 is 0. The van der Waals surface area contributed by atoms with Crippen LogP contribution in [-0.4, -0.2) is 37.7 Å². The number of benzene rings is 3. The summed E-state index contributed by atoms with van der Waals surface area (Å²) in [6.07, 6.45) is 6.89. The summed E-state index contributed by atoms with van der Waals surface area (Å²) in [6.45, 7) is 1.95. The summed E-state index contributed by atoms with van der Waals surface area (Å²) in [4.78, 5) is 2.31. The molecule has 0 saturated heterocycles. The Bertz CT molecular complexity index is 1600. The number of hydrogen-bond donors (Lipinski definition) is 1. The van der Waals surface area contributed by atoms with Crippen molar-refractivity contribution in [3.05, 3.63) is 113 Å². The third kappa shape index (κ3) is 4.21. The van der Waals surface area contributed by atoms with E-state index >= 15 is 0 Å². The van der Waals surface area contributed by atoms with Crippen LogP contribution in [0.15, 0.2) is 89.8 Å². The minimum absolute atomic E-state index is 0.238. The number of allylic oxidation sites excluding steroid dienone is 1. The van der Waals surface area contributed by atoms with Gasteiger partial charge < -0.3 is 10.2 Å². The smallest absolute Gasteiger partial charge is 0.283 e. The number of fused-ring (bicyclic) bond motifs is 1. The van der Waals surface area contributed by atoms with Crippen LogP contribution in [0, 0.1) is 6.92 Å². The van der Waals surface area contributed by atoms with Gasteiger partial charge in [-0.3, -0.25) is 0 Å². The van der Waals surface area contributed by atoms with Gasteiger partial charge in [-0.15, -0.1) is 5.10 Å². The Labute approximate surface area is 224 Å². The Kier molecular flexibility index (Phi) is 5.91. The lowest BCUT2D eigenvalue weighted by molar-refractivity contribution is 0.565. The molecule has 2 aliphatic carbocycles. The van der Waals surface area contributed by atoms with E-state index in [1.165, 1.54) is 4.09 Å². The van der Waals surface area contributed by atoms with Gasteiger partial charge in [-0.05, 0) is 55.2 Å². The first-order valence-electron chi connectivity index (χ1n) is 13.0. The van der Waals surface area contributed by atoms with Crippen molar-refractivity contribution in [2.45, 2.75) is 42.5 Å². The number of aryl methyl sites for hydroxylation is 1. The third-order valence-electron chi connectivity index (χ3n) is 7.62. The Hall–Kier alpha value is -3.84. The van der Waals surface area contributed by atoms with Crippen molar-refractivity contribution >= 4 is 27.6 Å². The molecule has 4 aromatic rings. The molecule has 0 bridgehead atoms. The van der Waals surface area contributed by atoms with Gasteiger partial charge in [-0.25, -0.2) is 0 Å². The summed E-state index contributed by atoms with van der Waals surface area (Å²) in [5.74, 6) is 0.638. The molecule has 7 heteroatoms. The van der Waals surface area contributed by atoms with Crippen LogP contribution >= 0.6 is 0 Å². The number of rotatable bonds is 7. The Morgan fingerprint density at radius 1 is 0.921 bits per heavy atom. The van der Waals surface area contributed by atoms with Crippen LogP contribution in [0.25, 0.3) is 6.08 Å². The topological polar surface area (TPSA) is 67.2 Å². The maximum absolute atomic E-state index is 14.0. The van der Waals surface area contributed by atoms with Gasteiger partial charge >= 0.3 is 0 Å². The van der Waals surface area contributed by atoms with Gasteiger partial charge in [-0.1, -0.05) is 72.3 Å². The van der Waals surface area contributed by atoms with Crippen LogP contribution in [0.1, 0.15) is 40.8 Å². The Morgan fingerprint density at radius 2 is 1.58 bits per heavy atom. The summed E-state index contributed by atoms with van der Waals surface area (Å²) in [6, 6.07) is 26.2. The molecule has 1 fully saturated rings. The van der Waals surface area contributed by atoms with E-state index in [0.717, 1.165) is 40.8 Å². The van der Waals surface area contributed by atoms with Crippen LogP contribution < -0.4 is 10.2 Å². The molecule has 0 spiro atoms. The molecule has 0 amide bonds. The highest BCUT2D eigenvalue weighted by Crippen LogP contribution is 2.44. The van der Waals surface area contributed by atoms with E-state index in [4.69, 9.17) is 5.10 Å². The fourth-order valence-electron chi connectivity index (χ4n) is 5.22. The standard InChI is InChI=1S/C31H32N4O2S/c1-22-9-17-27(18-10-22)38(36,37)35-29-21-31(23-7-5-4-6-8-23,24-11-15-26(16-12-24)34(2)3)20-19-28(29)30(33-35)32-25-13-14-25/h4-12,15-20,25H,13-14,21H2,1-3H3,(H,32,33). The highest BCUT2D eigenvalue weighted by Gasteiger charge is 2.40. The first-order chi connectivity index (χ1) is 18.3. The molecular formula is C31H32N4O2S. The highest BCUT2D eigenvalue weighted by molar-refractivity contribution is 7.89. The van der Waals surface area contributed by atoms with Crippen molar-refractivity contribution in [2.24, 2.45) is 0 Å². The van der Waals surface area contributed by atoms with Crippen molar-refractivity contribution in [1.29, 1.82) is 0 Å². The Morgan fingerprint density at radius 3 is 2.21 bits per heavy atom. The van der Waals surface area contributed by atoms with Gasteiger partial charge in [0.1, 0.15) is 0 Å². The van der Waals surface area contributed by atoms with Crippen molar-refractivity contribution in [1.82, 2.24) is 9.19 Å². The van der Waals surface area contributed by atoms with Crippen LogP contribution in [0.5, 0.6) is 0 Å². The molecule has 194 valence electrons. The molecule has 0 aliphatic heterocycles. The van der Waals surface area contributed by atoms with Crippen LogP contribution in [-0.2, 0) is 21.9 Å². The zero-order valence-electron chi connectivity index (χ0n) is 21.9. The monoisotopic (exact) mass is 524 g/mol. The summed E-state index contributed by atoms with van der Waals surface area (Å²) in [5.41, 5.74) is 5.33. The predicted molar refractivity (Wildman–Crippen MR) is 153 cm³/mol. The van der Waals surface area contributed by atoms with Gasteiger partial charge in [0.05, 0.1) is 10.6 Å². The zero-order valence-corrected chi connectivity index (χ0v) is 22.7. The molecule has 6 nitrogen and oxygen atoms in total. The minimum atomic E-state index is -3.90. The number of aromatic nitrogens is 2. The van der Waals surface area contributed by atoms with Crippen molar-refractivity contribution in [3.8, 4) is 0 Å². The lowest BCUT2D eigenvalue weighted by Gasteiger charge is -2.35. The molecule has 38 heavy (non-hydrogen) atoms. The van der Waals surface area contributed by atoms with Gasteiger partial charge in [0.2, 0.25) is 0 Å². The third-order valence-corrected chi connectivity index (χ3v) is 9.25. The molecule has 1 saturated carbocycles. The normalized spacial score (nSPS) is 18.7. The van der Waals surface area contributed by atoms with E-state index in [9.17, 15) is 8.42 Å². The first kappa shape index (κ1) is 24.5. The minimum Gasteiger partial charge on any atom is -0.378 e. The average molecular weight is 525 g/mol. The maximum atomic E-state index is 14.0. The quantitative estimate of drug-likeness (QED) is 0.340. The number of hydrogen-bond acceptors (Lipinski definition) is 5. The molecule has 1 heterocycles. The van der Waals surface area contributed by atoms with Crippen molar-refractivity contribution in [2.75, 3.05) is 24.3 Å². The van der Waals surface area contributed by atoms with Crippen molar-refractivity contribution < 1.29 is 8.42 Å². The highest BCUT2D eigenvalue weighted by atomic mass is 32.2. The predicted octanol–water partition coefficient (Wildman–Crippen LogP) is 5.62. The van der Waals surface area contributed by atoms with Crippen LogP contribution in [0.4, 0.5) is 11.5 Å². The molecule has 1 unspecified atom stereocenters. The lowest BCUT2D eigenvalue weighted by Crippen LogP contribution is -2.32. The van der Waals surface area contributed by atoms with Crippen molar-refractivity contribution in [3.63, 3.8) is 0 Å². The van der Waals surface area contributed by atoms with E-state index < -0.39 is 15.4 Å². The molecule has 1 aromatic heterocycles. The maximum Gasteiger partial charge on any atom is 0.283 e. The zero-order chi connectivity index (χ0) is 26.5. The second kappa shape index (κ2) is 9.17. The van der Waals surface area contributed by atoms with Crippen LogP contribution in [0.2, 0.25) is 0 Å². The van der Waals surface area contributed by atoms with E-state index in [2.05, 4.69) is 58.8 Å². The second-order valence-electron chi connectivity index (χ2n) is 10.6. The SMILES string of the molecule is Cc1ccc(S(=O)(=O)n2nc(NC3CC3)c3c2CC(c2ccccc2)(c2ccc(N(C)C)cc2)C=C3)cc1. The molecular weight excluding hydrogens is 492 g/mol. The molecule has 6 rings (SSSR count). The summed E-state index contributed by atoms with van der Waals surface area (Å²) < 4.78 is 29.2. The largest absolute Gasteiger partial charge is 0.378 e. The number of nitrogens with one attached hydrogen (secondary N) is 1. The molecule has 2 aliphatic rings. The summed E-state index contributed by atoms with van der Waals surface area (Å²) in [7, 11) is 0.152. The van der Waals surface area contributed by atoms with E-state index in [-0.39, 0.29) is 4.90 Å². The fourth-order valence-corrected chi connectivity index (χ4v) is 6.55. The number of anilines is 2. The summed E-state index contributed by atoms with van der Waals surface area (Å²) in [5, 5.41) is 8.16. The van der Waals surface area contributed by atoms with E-state index in [1.807, 2.05) is 51.4 Å². The van der Waals surface area contributed by atoms with E-state index in [0.29, 0.717) is 24.0 Å². The van der Waals surface area contributed by atoms with Gasteiger partial charge in [0.15, 0.2) is 5.82 Å². The van der Waals surface area contributed by atoms with Gasteiger partial charge in [-0.2, -0.15) is 12.5 Å². The Balaban J connectivity index is 1.53. The molecule has 1 atom stereocenters. The number of nitrogens with zero attached hydrogens (tertiary/aromatic N) is 3. The molecule has 0 radical (unpaired) electrons. The first-order valence-corrected chi connectivity index (χ1v) is 14.5. The second-order valence-corrected chi connectivity index (χ2v) is 12.3. The van der Waals surface area contributed by atoms with Crippen LogP contribution in [0.3, 0.4) is 0 Å². The van der Waals surface area contributed by atoms with Gasteiger partial charge in [0.25, 0.3) is 10.0 Å². The molecule has 3 aromatic carbocycles. The van der Waals surface area contributed by atoms with E-state index in [1.54, 1.807) is 12.1 Å². The van der Waals surface area contributed by atoms with Gasteiger partial charge in [0, 0.05) is 43.2 Å². The molecule has 1 N–H and O–H groups in total. The average Bonchev–Trinajstić information content (AvgIpc) is 3.68. The lowest BCUT2D eigenvalue weighted by atomic mass is 9.68. The fraction of sp³-hybridized carbons (Fsp3) is 0.258.